The molecule has 1 aliphatic carbocycles. The predicted molar refractivity (Wildman–Crippen MR) is 158 cm³/mol. The fourth-order valence-electron chi connectivity index (χ4n) is 4.95. The van der Waals surface area contributed by atoms with Crippen LogP contribution in [0.15, 0.2) is 71.1 Å². The van der Waals surface area contributed by atoms with Gasteiger partial charge in [0.05, 0.1) is 23.6 Å². The highest BCUT2D eigenvalue weighted by molar-refractivity contribution is 6.23. The molecule has 0 fully saturated rings. The van der Waals surface area contributed by atoms with E-state index in [0.29, 0.717) is 12.0 Å². The maximum atomic E-state index is 13.5. The molecule has 0 radical (unpaired) electrons. The number of Topliss-reactive ketones (excluding diaryl/α,β-unsaturated/α-hetero) is 1. The van der Waals surface area contributed by atoms with Crippen LogP contribution in [0.25, 0.3) is 0 Å². The van der Waals surface area contributed by atoms with E-state index < -0.39 is 53.9 Å². The quantitative estimate of drug-likeness (QED) is 0.271. The van der Waals surface area contributed by atoms with Crippen LogP contribution in [0.3, 0.4) is 0 Å². The summed E-state index contributed by atoms with van der Waals surface area (Å²) in [5.41, 5.74) is 6.42. The second kappa shape index (κ2) is 16.0. The molecule has 0 spiro atoms. The standard InChI is InChI=1S/C31H43N3O8/c1-8-12-33-26-21-13-17(2)14-25(41-7)27(36)19(4)15-20(5)29(42-31(32)39)24(40-6)11-9-10-18(3)30(38)34-22(28(21)37)16-23(26)35/h8-11,15-17,19,24-25,27,29,33,36H,1,12-14H2,2-7H3,(H2,32,39)(H,34,38)/b11-9-,18-10-,20-15+/t17-,19+,24+,25+,27-,29+/m1/s1. The lowest BCUT2D eigenvalue weighted by atomic mass is 9.85. The molecule has 11 nitrogen and oxygen atoms in total. The van der Waals surface area contributed by atoms with E-state index >= 15 is 0 Å². The number of nitrogens with one attached hydrogen (secondary N) is 2. The van der Waals surface area contributed by atoms with Gasteiger partial charge in [-0.2, -0.15) is 0 Å². The summed E-state index contributed by atoms with van der Waals surface area (Å²) in [6.45, 7) is 10.9. The molecule has 5 N–H and O–H groups in total. The Morgan fingerprint density at radius 3 is 2.50 bits per heavy atom. The van der Waals surface area contributed by atoms with Crippen molar-refractivity contribution in [2.75, 3.05) is 20.8 Å². The number of nitrogens with two attached hydrogens (primary N) is 1. The predicted octanol–water partition coefficient (Wildman–Crippen LogP) is 2.54. The third kappa shape index (κ3) is 9.10. The molecule has 6 atom stereocenters. The first-order chi connectivity index (χ1) is 19.8. The number of hydrogen-bond acceptors (Lipinski definition) is 9. The summed E-state index contributed by atoms with van der Waals surface area (Å²) in [4.78, 5) is 51.3. The Morgan fingerprint density at radius 2 is 1.90 bits per heavy atom. The Hall–Kier alpha value is -3.80. The fraction of sp³-hybridized carbons (Fsp3) is 0.484. The van der Waals surface area contributed by atoms with Crippen molar-refractivity contribution in [2.45, 2.75) is 65.0 Å². The van der Waals surface area contributed by atoms with Crippen molar-refractivity contribution >= 4 is 23.6 Å². The fourth-order valence-corrected chi connectivity index (χ4v) is 4.95. The zero-order valence-electron chi connectivity index (χ0n) is 25.1. The smallest absolute Gasteiger partial charge is 0.405 e. The molecule has 2 bridgehead atoms. The average Bonchev–Trinajstić information content (AvgIpc) is 2.94. The summed E-state index contributed by atoms with van der Waals surface area (Å²) in [6.07, 6.45) is 5.34. The second-order valence-corrected chi connectivity index (χ2v) is 10.6. The van der Waals surface area contributed by atoms with Gasteiger partial charge < -0.3 is 35.7 Å². The molecule has 0 saturated carbocycles. The summed E-state index contributed by atoms with van der Waals surface area (Å²) in [5, 5.41) is 16.7. The maximum absolute atomic E-state index is 13.5. The highest BCUT2D eigenvalue weighted by Gasteiger charge is 2.33. The van der Waals surface area contributed by atoms with Crippen LogP contribution in [0.5, 0.6) is 0 Å². The van der Waals surface area contributed by atoms with E-state index in [1.54, 1.807) is 45.1 Å². The molecular formula is C31H43N3O8. The Kier molecular flexibility index (Phi) is 13.1. The number of carbonyl (C=O) groups excluding carboxylic acids is 4. The topological polar surface area (TPSA) is 166 Å². The van der Waals surface area contributed by atoms with E-state index in [9.17, 15) is 24.3 Å². The van der Waals surface area contributed by atoms with Crippen LogP contribution in [0, 0.1) is 11.8 Å². The highest BCUT2D eigenvalue weighted by atomic mass is 16.6. The average molecular weight is 586 g/mol. The van der Waals surface area contributed by atoms with Crippen LogP contribution in [0.1, 0.15) is 40.5 Å². The molecule has 0 unspecified atom stereocenters. The van der Waals surface area contributed by atoms with Gasteiger partial charge in [-0.25, -0.2) is 4.79 Å². The highest BCUT2D eigenvalue weighted by Crippen LogP contribution is 2.28. The molecule has 0 aromatic rings. The molecule has 1 aliphatic heterocycles. The molecule has 2 amide bonds. The van der Waals surface area contributed by atoms with Gasteiger partial charge in [0.15, 0.2) is 6.10 Å². The van der Waals surface area contributed by atoms with Crippen LogP contribution in [-0.4, -0.2) is 73.9 Å². The van der Waals surface area contributed by atoms with Crippen molar-refractivity contribution in [1.82, 2.24) is 10.6 Å². The second-order valence-electron chi connectivity index (χ2n) is 10.6. The molecule has 11 heteroatoms. The number of ketones is 2. The van der Waals surface area contributed by atoms with E-state index in [4.69, 9.17) is 19.9 Å². The Balaban J connectivity index is 2.62. The summed E-state index contributed by atoms with van der Waals surface area (Å²) < 4.78 is 16.6. The van der Waals surface area contributed by atoms with Crippen LogP contribution in [0.2, 0.25) is 0 Å². The van der Waals surface area contributed by atoms with Crippen molar-refractivity contribution in [3.63, 3.8) is 0 Å². The lowest BCUT2D eigenvalue weighted by Gasteiger charge is -2.30. The van der Waals surface area contributed by atoms with Crippen molar-refractivity contribution in [3.05, 3.63) is 71.1 Å². The number of primary amides is 1. The number of ether oxygens (including phenoxy) is 3. The molecule has 2 aliphatic rings. The van der Waals surface area contributed by atoms with E-state index in [1.807, 2.05) is 6.92 Å². The minimum Gasteiger partial charge on any atom is -0.439 e. The van der Waals surface area contributed by atoms with Gasteiger partial charge in [0.2, 0.25) is 11.6 Å². The van der Waals surface area contributed by atoms with Gasteiger partial charge in [0.1, 0.15) is 6.10 Å². The summed E-state index contributed by atoms with van der Waals surface area (Å²) in [7, 11) is 2.92. The number of methoxy groups -OCH3 is 2. The van der Waals surface area contributed by atoms with Gasteiger partial charge in [0, 0.05) is 43.9 Å². The molecule has 2 rings (SSSR count). The van der Waals surface area contributed by atoms with Gasteiger partial charge in [-0.1, -0.05) is 44.2 Å². The first-order valence-corrected chi connectivity index (χ1v) is 13.8. The third-order valence-corrected chi connectivity index (χ3v) is 7.22. The molecule has 42 heavy (non-hydrogen) atoms. The first-order valence-electron chi connectivity index (χ1n) is 13.8. The molecular weight excluding hydrogens is 542 g/mol. The Labute approximate surface area is 247 Å². The number of rotatable bonds is 6. The number of fused-ring (bicyclic) bond motifs is 2. The van der Waals surface area contributed by atoms with E-state index in [2.05, 4.69) is 17.2 Å². The zero-order chi connectivity index (χ0) is 31.6. The van der Waals surface area contributed by atoms with Crippen LogP contribution in [-0.2, 0) is 28.6 Å². The van der Waals surface area contributed by atoms with Crippen molar-refractivity contribution in [1.29, 1.82) is 0 Å². The normalized spacial score (nSPS) is 31.6. The summed E-state index contributed by atoms with van der Waals surface area (Å²) in [5.74, 6) is -2.14. The van der Waals surface area contributed by atoms with Gasteiger partial charge in [-0.3, -0.25) is 14.4 Å². The van der Waals surface area contributed by atoms with Gasteiger partial charge in [-0.15, -0.1) is 6.58 Å². The lowest BCUT2D eigenvalue weighted by molar-refractivity contribution is -0.120. The van der Waals surface area contributed by atoms with Crippen molar-refractivity contribution < 1.29 is 38.5 Å². The number of allylic oxidation sites excluding steroid dienone is 4. The van der Waals surface area contributed by atoms with Crippen LogP contribution in [0.4, 0.5) is 4.79 Å². The van der Waals surface area contributed by atoms with Gasteiger partial charge in [0.25, 0.3) is 5.91 Å². The maximum Gasteiger partial charge on any atom is 0.405 e. The molecule has 1 heterocycles. The van der Waals surface area contributed by atoms with Crippen molar-refractivity contribution in [3.8, 4) is 0 Å². The zero-order valence-corrected chi connectivity index (χ0v) is 25.1. The summed E-state index contributed by atoms with van der Waals surface area (Å²) in [6, 6.07) is 0. The van der Waals surface area contributed by atoms with E-state index in [0.717, 1.165) is 6.08 Å². The van der Waals surface area contributed by atoms with Crippen molar-refractivity contribution in [2.24, 2.45) is 17.6 Å². The Morgan fingerprint density at radius 1 is 1.21 bits per heavy atom. The summed E-state index contributed by atoms with van der Waals surface area (Å²) >= 11 is 0. The Bertz CT molecular complexity index is 1210. The minimum absolute atomic E-state index is 0.132. The van der Waals surface area contributed by atoms with Crippen LogP contribution < -0.4 is 16.4 Å². The number of aliphatic hydroxyl groups is 1. The number of aliphatic hydroxyl groups excluding tert-OH is 1. The molecule has 0 aromatic heterocycles. The minimum atomic E-state index is -1.00. The number of carbonyl (C=O) groups is 4. The number of amides is 2. The third-order valence-electron chi connectivity index (χ3n) is 7.22. The first kappa shape index (κ1) is 34.4. The molecule has 230 valence electrons. The van der Waals surface area contributed by atoms with Crippen LogP contribution >= 0.6 is 0 Å². The van der Waals surface area contributed by atoms with Gasteiger partial charge >= 0.3 is 6.09 Å². The van der Waals surface area contributed by atoms with Gasteiger partial charge in [-0.05, 0) is 38.2 Å². The molecule has 0 saturated heterocycles. The largest absolute Gasteiger partial charge is 0.439 e. The molecule has 0 aromatic carbocycles. The van der Waals surface area contributed by atoms with E-state index in [-0.39, 0.29) is 41.4 Å². The monoisotopic (exact) mass is 585 g/mol. The SMILES string of the molecule is C=CCNC1=C2C[C@@H](C)C[C@H](OC)[C@H](O)[C@@H](C)/C=C(\C)[C@H](OC(N)=O)[C@@H](OC)/C=C\C=C(\C)C(=O)NC(=CC1=O)C2=O. The lowest BCUT2D eigenvalue weighted by Crippen LogP contribution is -2.37. The number of hydrogen-bond donors (Lipinski definition) is 4. The van der Waals surface area contributed by atoms with E-state index in [1.165, 1.54) is 20.3 Å².